The molecule has 6 nitrogen and oxygen atoms in total. The highest BCUT2D eigenvalue weighted by molar-refractivity contribution is 5.94. The van der Waals surface area contributed by atoms with Crippen LogP contribution in [0.15, 0.2) is 12.1 Å². The lowest BCUT2D eigenvalue weighted by Gasteiger charge is -2.47. The molecule has 4 atom stereocenters. The van der Waals surface area contributed by atoms with Gasteiger partial charge in [0.2, 0.25) is 6.79 Å². The smallest absolute Gasteiger partial charge is 0.338 e. The van der Waals surface area contributed by atoms with Crippen LogP contribution in [0.4, 0.5) is 0 Å². The highest BCUT2D eigenvalue weighted by Crippen LogP contribution is 2.52. The van der Waals surface area contributed by atoms with Crippen molar-refractivity contribution < 1.29 is 23.7 Å². The average Bonchev–Trinajstić information content (AvgIpc) is 3.17. The Bertz CT molecular complexity index is 690. The maximum Gasteiger partial charge on any atom is 0.338 e. The van der Waals surface area contributed by atoms with E-state index >= 15 is 0 Å². The van der Waals surface area contributed by atoms with Gasteiger partial charge in [0, 0.05) is 19.7 Å². The van der Waals surface area contributed by atoms with E-state index in [0.717, 1.165) is 30.6 Å². The summed E-state index contributed by atoms with van der Waals surface area (Å²) in [7, 11) is 1.77. The Morgan fingerprint density at radius 3 is 2.96 bits per heavy atom. The number of carbonyl (C=O) groups is 1. The van der Waals surface area contributed by atoms with Crippen molar-refractivity contribution in [3.63, 3.8) is 0 Å². The minimum absolute atomic E-state index is 0.120. The Hall–Kier alpha value is -1.79. The minimum atomic E-state index is -0.259. The number of benzene rings is 1. The third-order valence-electron chi connectivity index (χ3n) is 5.94. The van der Waals surface area contributed by atoms with Gasteiger partial charge < -0.3 is 24.3 Å². The van der Waals surface area contributed by atoms with Gasteiger partial charge in [0.15, 0.2) is 11.5 Å². The highest BCUT2D eigenvalue weighted by Gasteiger charge is 2.59. The fraction of sp³-hybridized carbons (Fsp3) is 0.588. The number of rotatable bonds is 1. The summed E-state index contributed by atoms with van der Waals surface area (Å²) in [4.78, 5) is 12.4. The number of nitrogens with one attached hydrogen (secondary N) is 1. The molecule has 0 bridgehead atoms. The van der Waals surface area contributed by atoms with Gasteiger partial charge in [0.1, 0.15) is 6.10 Å². The van der Waals surface area contributed by atoms with Crippen LogP contribution in [-0.2, 0) is 14.9 Å². The van der Waals surface area contributed by atoms with E-state index in [9.17, 15) is 4.79 Å². The third-order valence-corrected chi connectivity index (χ3v) is 5.94. The number of methoxy groups -OCH3 is 1. The summed E-state index contributed by atoms with van der Waals surface area (Å²) in [5.41, 5.74) is 1.49. The summed E-state index contributed by atoms with van der Waals surface area (Å²) >= 11 is 0. The molecule has 122 valence electrons. The molecule has 3 aliphatic heterocycles. The summed E-state index contributed by atoms with van der Waals surface area (Å²) in [6.45, 7) is 0.901. The van der Waals surface area contributed by atoms with E-state index in [0.29, 0.717) is 17.9 Å². The van der Waals surface area contributed by atoms with Crippen LogP contribution in [0, 0.1) is 0 Å². The van der Waals surface area contributed by atoms with Gasteiger partial charge >= 0.3 is 5.97 Å². The van der Waals surface area contributed by atoms with Crippen molar-refractivity contribution in [3.8, 4) is 11.5 Å². The van der Waals surface area contributed by atoms with Gasteiger partial charge in [-0.3, -0.25) is 0 Å². The molecule has 4 aliphatic rings. The zero-order valence-electron chi connectivity index (χ0n) is 13.0. The fourth-order valence-corrected chi connectivity index (χ4v) is 4.79. The van der Waals surface area contributed by atoms with Crippen LogP contribution >= 0.6 is 0 Å². The second kappa shape index (κ2) is 4.61. The van der Waals surface area contributed by atoms with Gasteiger partial charge in [-0.25, -0.2) is 4.79 Å². The molecular formula is C17H19NO5. The lowest BCUT2D eigenvalue weighted by molar-refractivity contribution is -0.0174. The molecule has 1 saturated heterocycles. The number of ether oxygens (including phenoxy) is 4. The van der Waals surface area contributed by atoms with Crippen molar-refractivity contribution in [2.24, 2.45) is 0 Å². The maximum atomic E-state index is 12.4. The van der Waals surface area contributed by atoms with Crippen molar-refractivity contribution in [1.82, 2.24) is 5.32 Å². The molecule has 1 aromatic rings. The van der Waals surface area contributed by atoms with E-state index in [-0.39, 0.29) is 36.4 Å². The summed E-state index contributed by atoms with van der Waals surface area (Å²) in [5, 5.41) is 3.56. The number of fused-ring (bicyclic) bond motifs is 2. The van der Waals surface area contributed by atoms with Crippen molar-refractivity contribution >= 4 is 5.97 Å². The largest absolute Gasteiger partial charge is 0.456 e. The van der Waals surface area contributed by atoms with Crippen LogP contribution in [0.1, 0.15) is 35.2 Å². The van der Waals surface area contributed by atoms with Crippen LogP contribution < -0.4 is 14.8 Å². The Morgan fingerprint density at radius 2 is 2.13 bits per heavy atom. The van der Waals surface area contributed by atoms with E-state index in [1.165, 1.54) is 0 Å². The highest BCUT2D eigenvalue weighted by atomic mass is 16.7. The molecule has 2 fully saturated rings. The lowest BCUT2D eigenvalue weighted by atomic mass is 9.62. The lowest BCUT2D eigenvalue weighted by Crippen LogP contribution is -2.54. The van der Waals surface area contributed by atoms with Crippen molar-refractivity contribution in [2.75, 3.05) is 20.4 Å². The van der Waals surface area contributed by atoms with Crippen LogP contribution in [0.2, 0.25) is 0 Å². The molecule has 3 heterocycles. The number of hydrogen-bond acceptors (Lipinski definition) is 6. The third kappa shape index (κ3) is 1.68. The van der Waals surface area contributed by atoms with Gasteiger partial charge in [-0.2, -0.15) is 0 Å². The van der Waals surface area contributed by atoms with Crippen molar-refractivity contribution in [2.45, 2.75) is 42.9 Å². The minimum Gasteiger partial charge on any atom is -0.456 e. The number of hydrogen-bond donors (Lipinski definition) is 1. The van der Waals surface area contributed by atoms with E-state index in [1.54, 1.807) is 13.2 Å². The summed E-state index contributed by atoms with van der Waals surface area (Å²) in [6, 6.07) is 4.03. The first-order valence-electron chi connectivity index (χ1n) is 8.13. The van der Waals surface area contributed by atoms with Gasteiger partial charge in [-0.1, -0.05) is 0 Å². The van der Waals surface area contributed by atoms with Crippen molar-refractivity contribution in [1.29, 1.82) is 0 Å². The van der Waals surface area contributed by atoms with Crippen LogP contribution in [0.25, 0.3) is 0 Å². The molecule has 0 aromatic heterocycles. The van der Waals surface area contributed by atoms with Gasteiger partial charge in [0.25, 0.3) is 0 Å². The molecule has 23 heavy (non-hydrogen) atoms. The molecule has 1 aromatic carbocycles. The molecule has 6 heteroatoms. The number of carbonyl (C=O) groups excluding carboxylic acids is 1. The topological polar surface area (TPSA) is 66.0 Å². The summed E-state index contributed by atoms with van der Waals surface area (Å²) < 4.78 is 22.3. The number of esters is 1. The fourth-order valence-electron chi connectivity index (χ4n) is 4.79. The Balaban J connectivity index is 1.67. The zero-order chi connectivity index (χ0) is 15.6. The predicted octanol–water partition coefficient (Wildman–Crippen LogP) is 1.36. The van der Waals surface area contributed by atoms with E-state index in [1.807, 2.05) is 6.07 Å². The first kappa shape index (κ1) is 13.6. The monoisotopic (exact) mass is 317 g/mol. The molecule has 1 aliphatic carbocycles. The molecule has 5 rings (SSSR count). The first-order chi connectivity index (χ1) is 11.2. The quantitative estimate of drug-likeness (QED) is 0.789. The van der Waals surface area contributed by atoms with E-state index in [2.05, 4.69) is 5.32 Å². The Labute approximate surface area is 134 Å². The summed E-state index contributed by atoms with van der Waals surface area (Å²) in [5.74, 6) is 1.10. The second-order valence-electron chi connectivity index (χ2n) is 6.78. The van der Waals surface area contributed by atoms with E-state index in [4.69, 9.17) is 18.9 Å². The molecule has 4 unspecified atom stereocenters. The molecule has 1 spiro atoms. The van der Waals surface area contributed by atoms with Crippen LogP contribution in [0.5, 0.6) is 11.5 Å². The van der Waals surface area contributed by atoms with Gasteiger partial charge in [-0.15, -0.1) is 0 Å². The van der Waals surface area contributed by atoms with Gasteiger partial charge in [0.05, 0.1) is 17.1 Å². The summed E-state index contributed by atoms with van der Waals surface area (Å²) in [6.07, 6.45) is 2.97. The van der Waals surface area contributed by atoms with E-state index < -0.39 is 0 Å². The Kier molecular flexibility index (Phi) is 2.73. The standard InChI is InChI=1S/C17H19NO5/c1-20-9-2-3-17-11-6-13-12(21-8-22-13)5-10(11)16(19)23-15(17)7-18-14(17)4-9/h5-6,9,14-15,18H,2-4,7-8H2,1H3. The molecule has 0 radical (unpaired) electrons. The maximum absolute atomic E-state index is 12.4. The van der Waals surface area contributed by atoms with Crippen molar-refractivity contribution in [3.05, 3.63) is 23.3 Å². The first-order valence-corrected chi connectivity index (χ1v) is 8.13. The molecule has 1 N–H and O–H groups in total. The molecular weight excluding hydrogens is 298 g/mol. The molecule has 0 amide bonds. The molecule has 1 saturated carbocycles. The average molecular weight is 317 g/mol. The van der Waals surface area contributed by atoms with Crippen LogP contribution in [0.3, 0.4) is 0 Å². The predicted molar refractivity (Wildman–Crippen MR) is 79.9 cm³/mol. The SMILES string of the molecule is COC1CCC23c4cc5c(cc4C(=O)OC2CNC3C1)OCO5. The van der Waals surface area contributed by atoms with Crippen LogP contribution in [-0.4, -0.2) is 44.7 Å². The Morgan fingerprint density at radius 1 is 1.30 bits per heavy atom. The normalized spacial score (nSPS) is 36.9. The van der Waals surface area contributed by atoms with Gasteiger partial charge in [-0.05, 0) is 37.0 Å². The zero-order valence-corrected chi connectivity index (χ0v) is 13.0. The second-order valence-corrected chi connectivity index (χ2v) is 6.78.